The van der Waals surface area contributed by atoms with Crippen LogP contribution in [0.2, 0.25) is 0 Å². The van der Waals surface area contributed by atoms with Crippen LogP contribution in [0.25, 0.3) is 0 Å². The van der Waals surface area contributed by atoms with Gasteiger partial charge < -0.3 is 10.1 Å². The summed E-state index contributed by atoms with van der Waals surface area (Å²) in [6.07, 6.45) is 4.03. The molecule has 4 heteroatoms. The maximum atomic E-state index is 11.4. The fourth-order valence-electron chi connectivity index (χ4n) is 2.86. The second-order valence-corrected chi connectivity index (χ2v) is 5.78. The summed E-state index contributed by atoms with van der Waals surface area (Å²) in [6.45, 7) is 3.29. The highest BCUT2D eigenvalue weighted by Crippen LogP contribution is 2.29. The van der Waals surface area contributed by atoms with Crippen LogP contribution in [0.4, 0.5) is 0 Å². The van der Waals surface area contributed by atoms with Gasteiger partial charge in [-0.1, -0.05) is 12.1 Å². The zero-order valence-corrected chi connectivity index (χ0v) is 12.0. The molecule has 1 unspecified atom stereocenters. The first-order valence-electron chi connectivity index (χ1n) is 7.41. The molecule has 2 fully saturated rings. The van der Waals surface area contributed by atoms with Gasteiger partial charge in [-0.3, -0.25) is 4.90 Å². The molecule has 20 heavy (non-hydrogen) atoms. The number of hydrogen-bond acceptors (Lipinski definition) is 4. The average molecular weight is 274 g/mol. The van der Waals surface area contributed by atoms with Crippen molar-refractivity contribution < 1.29 is 9.53 Å². The van der Waals surface area contributed by atoms with Crippen LogP contribution in [-0.4, -0.2) is 43.2 Å². The Labute approximate surface area is 120 Å². The lowest BCUT2D eigenvalue weighted by Gasteiger charge is -2.15. The van der Waals surface area contributed by atoms with E-state index in [4.69, 9.17) is 4.74 Å². The van der Waals surface area contributed by atoms with Gasteiger partial charge in [-0.25, -0.2) is 4.79 Å². The van der Waals surface area contributed by atoms with Gasteiger partial charge in [0.25, 0.3) is 0 Å². The quantitative estimate of drug-likeness (QED) is 0.831. The van der Waals surface area contributed by atoms with Crippen molar-refractivity contribution in [2.24, 2.45) is 0 Å². The van der Waals surface area contributed by atoms with Crippen molar-refractivity contribution in [2.75, 3.05) is 20.2 Å². The van der Waals surface area contributed by atoms with Crippen LogP contribution in [0.5, 0.6) is 0 Å². The molecule has 0 aromatic heterocycles. The Morgan fingerprint density at radius 1 is 1.30 bits per heavy atom. The van der Waals surface area contributed by atoms with E-state index in [0.717, 1.165) is 12.6 Å². The SMILES string of the molecule is COC(=O)c1ccc(CNC2CCN(C3CC3)C2)cc1. The van der Waals surface area contributed by atoms with Crippen molar-refractivity contribution in [1.82, 2.24) is 10.2 Å². The highest BCUT2D eigenvalue weighted by Gasteiger charge is 2.33. The van der Waals surface area contributed by atoms with E-state index in [9.17, 15) is 4.79 Å². The van der Waals surface area contributed by atoms with Crippen LogP contribution in [0, 0.1) is 0 Å². The number of nitrogens with zero attached hydrogens (tertiary/aromatic N) is 1. The van der Waals surface area contributed by atoms with Gasteiger partial charge in [0.2, 0.25) is 0 Å². The van der Waals surface area contributed by atoms with Gasteiger partial charge in [0.15, 0.2) is 0 Å². The maximum Gasteiger partial charge on any atom is 0.337 e. The molecule has 1 saturated carbocycles. The molecular formula is C16H22N2O2. The van der Waals surface area contributed by atoms with Crippen LogP contribution in [0.1, 0.15) is 35.2 Å². The standard InChI is InChI=1S/C16H22N2O2/c1-20-16(19)13-4-2-12(3-5-13)10-17-14-8-9-18(11-14)15-6-7-15/h2-5,14-15,17H,6-11H2,1H3. The van der Waals surface area contributed by atoms with Crippen molar-refractivity contribution in [3.05, 3.63) is 35.4 Å². The highest BCUT2D eigenvalue weighted by molar-refractivity contribution is 5.89. The maximum absolute atomic E-state index is 11.4. The smallest absolute Gasteiger partial charge is 0.337 e. The van der Waals surface area contributed by atoms with Gasteiger partial charge in [0.1, 0.15) is 0 Å². The molecule has 0 bridgehead atoms. The van der Waals surface area contributed by atoms with E-state index in [1.54, 1.807) is 0 Å². The van der Waals surface area contributed by atoms with Crippen LogP contribution in [0.3, 0.4) is 0 Å². The number of benzene rings is 1. The molecule has 1 saturated heterocycles. The summed E-state index contributed by atoms with van der Waals surface area (Å²) in [5, 5.41) is 3.62. The first-order valence-corrected chi connectivity index (χ1v) is 7.41. The minimum atomic E-state index is -0.277. The van der Waals surface area contributed by atoms with E-state index in [1.165, 1.54) is 45.0 Å². The summed E-state index contributed by atoms with van der Waals surface area (Å²) in [5.74, 6) is -0.277. The Hall–Kier alpha value is -1.39. The lowest BCUT2D eigenvalue weighted by molar-refractivity contribution is 0.0600. The zero-order valence-electron chi connectivity index (χ0n) is 12.0. The Morgan fingerprint density at radius 2 is 2.05 bits per heavy atom. The van der Waals surface area contributed by atoms with E-state index < -0.39 is 0 Å². The predicted molar refractivity (Wildman–Crippen MR) is 77.6 cm³/mol. The van der Waals surface area contributed by atoms with Gasteiger partial charge in [-0.2, -0.15) is 0 Å². The molecule has 2 aliphatic rings. The molecule has 1 atom stereocenters. The molecule has 0 radical (unpaired) electrons. The fourth-order valence-corrected chi connectivity index (χ4v) is 2.86. The highest BCUT2D eigenvalue weighted by atomic mass is 16.5. The van der Waals surface area contributed by atoms with Crippen molar-refractivity contribution in [1.29, 1.82) is 0 Å². The zero-order chi connectivity index (χ0) is 13.9. The number of esters is 1. The Kier molecular flexibility index (Phi) is 4.03. The van der Waals surface area contributed by atoms with Crippen LogP contribution in [-0.2, 0) is 11.3 Å². The fraction of sp³-hybridized carbons (Fsp3) is 0.562. The third kappa shape index (κ3) is 3.19. The monoisotopic (exact) mass is 274 g/mol. The average Bonchev–Trinajstić information content (AvgIpc) is 3.24. The molecule has 1 heterocycles. The second-order valence-electron chi connectivity index (χ2n) is 5.78. The van der Waals surface area contributed by atoms with Gasteiger partial charge in [-0.05, 0) is 37.0 Å². The Balaban J connectivity index is 1.47. The van der Waals surface area contributed by atoms with Crippen LogP contribution < -0.4 is 5.32 Å². The summed E-state index contributed by atoms with van der Waals surface area (Å²) in [4.78, 5) is 14.0. The van der Waals surface area contributed by atoms with E-state index in [0.29, 0.717) is 11.6 Å². The summed E-state index contributed by atoms with van der Waals surface area (Å²) >= 11 is 0. The van der Waals surface area contributed by atoms with E-state index in [-0.39, 0.29) is 5.97 Å². The summed E-state index contributed by atoms with van der Waals surface area (Å²) < 4.78 is 4.70. The number of ether oxygens (including phenoxy) is 1. The predicted octanol–water partition coefficient (Wildman–Crippen LogP) is 1.80. The molecule has 1 N–H and O–H groups in total. The number of nitrogens with one attached hydrogen (secondary N) is 1. The van der Waals surface area contributed by atoms with Crippen LogP contribution >= 0.6 is 0 Å². The van der Waals surface area contributed by atoms with Crippen molar-refractivity contribution in [3.8, 4) is 0 Å². The van der Waals surface area contributed by atoms with Gasteiger partial charge in [0.05, 0.1) is 12.7 Å². The molecule has 4 nitrogen and oxygen atoms in total. The van der Waals surface area contributed by atoms with Gasteiger partial charge in [-0.15, -0.1) is 0 Å². The normalized spacial score (nSPS) is 22.9. The number of carbonyl (C=O) groups excluding carboxylic acids is 1. The summed E-state index contributed by atoms with van der Waals surface area (Å²) in [6, 6.07) is 9.12. The van der Waals surface area contributed by atoms with Gasteiger partial charge in [0, 0.05) is 31.7 Å². The number of rotatable bonds is 5. The minimum Gasteiger partial charge on any atom is -0.465 e. The molecule has 1 aliphatic heterocycles. The molecule has 1 aliphatic carbocycles. The molecule has 3 rings (SSSR count). The topological polar surface area (TPSA) is 41.6 Å². The third-order valence-corrected chi connectivity index (χ3v) is 4.25. The number of hydrogen-bond donors (Lipinski definition) is 1. The third-order valence-electron chi connectivity index (χ3n) is 4.25. The van der Waals surface area contributed by atoms with E-state index in [1.807, 2.05) is 24.3 Å². The number of methoxy groups -OCH3 is 1. The van der Waals surface area contributed by atoms with Crippen LogP contribution in [0.15, 0.2) is 24.3 Å². The molecule has 1 aromatic rings. The number of carbonyl (C=O) groups is 1. The Bertz CT molecular complexity index is 468. The van der Waals surface area contributed by atoms with Gasteiger partial charge >= 0.3 is 5.97 Å². The molecule has 0 spiro atoms. The lowest BCUT2D eigenvalue weighted by atomic mass is 10.1. The van der Waals surface area contributed by atoms with E-state index >= 15 is 0 Å². The summed E-state index contributed by atoms with van der Waals surface area (Å²) in [5.41, 5.74) is 1.82. The minimum absolute atomic E-state index is 0.277. The lowest BCUT2D eigenvalue weighted by Crippen LogP contribution is -2.32. The second kappa shape index (κ2) is 5.94. The molecule has 0 amide bonds. The molecular weight excluding hydrogens is 252 g/mol. The van der Waals surface area contributed by atoms with Crippen molar-refractivity contribution in [2.45, 2.75) is 37.9 Å². The largest absolute Gasteiger partial charge is 0.465 e. The molecule has 108 valence electrons. The summed E-state index contributed by atoms with van der Waals surface area (Å²) in [7, 11) is 1.41. The first-order chi connectivity index (χ1) is 9.76. The van der Waals surface area contributed by atoms with E-state index in [2.05, 4.69) is 10.2 Å². The van der Waals surface area contributed by atoms with Crippen molar-refractivity contribution in [3.63, 3.8) is 0 Å². The Morgan fingerprint density at radius 3 is 2.70 bits per heavy atom. The molecule has 1 aromatic carbocycles. The number of likely N-dealkylation sites (tertiary alicyclic amines) is 1. The first kappa shape index (κ1) is 13.6. The van der Waals surface area contributed by atoms with Crippen molar-refractivity contribution >= 4 is 5.97 Å².